The van der Waals surface area contributed by atoms with Crippen LogP contribution in [-0.2, 0) is 9.45 Å². The van der Waals surface area contributed by atoms with E-state index in [2.05, 4.69) is 4.99 Å². The monoisotopic (exact) mass is 510 g/mol. The summed E-state index contributed by atoms with van der Waals surface area (Å²) >= 11 is 0. The second-order valence-electron chi connectivity index (χ2n) is 10.1. The zero-order chi connectivity index (χ0) is 27.7. The molecule has 0 aliphatic carbocycles. The molecule has 1 aliphatic rings. The number of halogens is 3. The van der Waals surface area contributed by atoms with E-state index < -0.39 is 18.4 Å². The Labute approximate surface area is 217 Å². The minimum absolute atomic E-state index is 0.421. The molecule has 8 heteroatoms. The lowest BCUT2D eigenvalue weighted by molar-refractivity contribution is -0.382. The van der Waals surface area contributed by atoms with Gasteiger partial charge in [0.1, 0.15) is 0 Å². The molecule has 1 heterocycles. The molecule has 0 saturated heterocycles. The molecule has 0 aromatic heterocycles. The molecule has 0 saturated carbocycles. The molecule has 3 aromatic carbocycles. The van der Waals surface area contributed by atoms with Crippen LogP contribution >= 0.6 is 0 Å². The van der Waals surface area contributed by atoms with E-state index in [4.69, 9.17) is 4.65 Å². The summed E-state index contributed by atoms with van der Waals surface area (Å²) in [6.07, 6.45) is -6.31. The Hall–Kier alpha value is -3.55. The number of nitrogens with one attached hydrogen (secondary N) is 1. The number of hydrogen-bond donors (Lipinski definition) is 1. The summed E-state index contributed by atoms with van der Waals surface area (Å²) in [6.45, 7) is 11.8. The van der Waals surface area contributed by atoms with Gasteiger partial charge in [-0.3, -0.25) is 4.79 Å². The zero-order valence-corrected chi connectivity index (χ0v) is 22.7. The SMILES string of the molecule is CN(C)C=O.Cc1cc(C)c([B-]2(c3c(C)cc(C)cc3C)OC(C(F)(F)F)=[NH+]c3ccccc32)c(C)c1. The minimum Gasteiger partial charge on any atom is -0.651 e. The summed E-state index contributed by atoms with van der Waals surface area (Å²) in [4.78, 5) is 13.4. The quantitative estimate of drug-likeness (QED) is 0.435. The van der Waals surface area contributed by atoms with E-state index in [9.17, 15) is 18.0 Å². The highest BCUT2D eigenvalue weighted by Crippen LogP contribution is 2.26. The van der Waals surface area contributed by atoms with Crippen molar-refractivity contribution in [1.82, 2.24) is 4.90 Å². The lowest BCUT2D eigenvalue weighted by Gasteiger charge is -2.48. The summed E-state index contributed by atoms with van der Waals surface area (Å²) < 4.78 is 48.6. The van der Waals surface area contributed by atoms with Gasteiger partial charge in [0, 0.05) is 20.2 Å². The fourth-order valence-corrected chi connectivity index (χ4v) is 5.73. The molecule has 4 rings (SSSR count). The van der Waals surface area contributed by atoms with Gasteiger partial charge < -0.3 is 9.55 Å². The number of para-hydroxylation sites is 1. The predicted molar refractivity (Wildman–Crippen MR) is 145 cm³/mol. The molecule has 37 heavy (non-hydrogen) atoms. The molecule has 4 nitrogen and oxygen atoms in total. The van der Waals surface area contributed by atoms with Gasteiger partial charge in [0.25, 0.3) is 6.35 Å². The van der Waals surface area contributed by atoms with E-state index in [0.29, 0.717) is 5.69 Å². The third-order valence-corrected chi connectivity index (χ3v) is 6.70. The first kappa shape index (κ1) is 28.0. The van der Waals surface area contributed by atoms with Gasteiger partial charge in [-0.25, -0.2) is 0 Å². The van der Waals surface area contributed by atoms with Crippen molar-refractivity contribution in [3.63, 3.8) is 0 Å². The van der Waals surface area contributed by atoms with Crippen LogP contribution in [-0.4, -0.2) is 43.8 Å². The van der Waals surface area contributed by atoms with Gasteiger partial charge in [0.15, 0.2) is 5.69 Å². The van der Waals surface area contributed by atoms with Crippen LogP contribution in [0, 0.1) is 41.5 Å². The summed E-state index contributed by atoms with van der Waals surface area (Å²) in [5.74, 6) is -1.07. The van der Waals surface area contributed by atoms with Gasteiger partial charge >= 0.3 is 12.1 Å². The normalized spacial score (nSPS) is 14.0. The summed E-state index contributed by atoms with van der Waals surface area (Å²) in [7, 11) is 3.38. The zero-order valence-electron chi connectivity index (χ0n) is 22.7. The maximum Gasteiger partial charge on any atom is 0.512 e. The second-order valence-corrected chi connectivity index (χ2v) is 10.1. The van der Waals surface area contributed by atoms with Crippen LogP contribution in [0.5, 0.6) is 0 Å². The molecule has 3 aromatic rings. The second kappa shape index (κ2) is 10.4. The highest BCUT2D eigenvalue weighted by molar-refractivity contribution is 7.09. The van der Waals surface area contributed by atoms with Gasteiger partial charge in [0.05, 0.1) is 0 Å². The van der Waals surface area contributed by atoms with Crippen molar-refractivity contribution in [3.8, 4) is 0 Å². The van der Waals surface area contributed by atoms with Crippen LogP contribution in [0.3, 0.4) is 0 Å². The average molecular weight is 510 g/mol. The fourth-order valence-electron chi connectivity index (χ4n) is 5.73. The van der Waals surface area contributed by atoms with Crippen molar-refractivity contribution in [2.75, 3.05) is 14.1 Å². The Morgan fingerprint density at radius 2 is 1.22 bits per heavy atom. The number of aryl methyl sites for hydroxylation is 6. The van der Waals surface area contributed by atoms with Crippen molar-refractivity contribution < 1.29 is 27.6 Å². The third kappa shape index (κ3) is 5.43. The molecule has 1 aliphatic heterocycles. The highest BCUT2D eigenvalue weighted by atomic mass is 19.4. The first-order valence-corrected chi connectivity index (χ1v) is 12.1. The Balaban J connectivity index is 0.000000695. The van der Waals surface area contributed by atoms with Gasteiger partial charge in [-0.05, 0) is 41.5 Å². The van der Waals surface area contributed by atoms with Crippen LogP contribution in [0.4, 0.5) is 18.9 Å². The highest BCUT2D eigenvalue weighted by Gasteiger charge is 2.52. The van der Waals surface area contributed by atoms with E-state index in [1.54, 1.807) is 26.2 Å². The summed E-state index contributed by atoms with van der Waals surface area (Å²) in [5.41, 5.74) is 8.56. The number of benzene rings is 3. The molecular formula is C29H34BF3N2O2. The summed E-state index contributed by atoms with van der Waals surface area (Å²) in [6, 6.07) is 15.3. The molecule has 1 N–H and O–H groups in total. The number of alkyl halides is 3. The summed E-state index contributed by atoms with van der Waals surface area (Å²) in [5, 5.41) is 0. The number of amides is 1. The van der Waals surface area contributed by atoms with Gasteiger partial charge in [-0.2, -0.15) is 29.1 Å². The maximum absolute atomic E-state index is 14.1. The molecule has 1 amide bonds. The number of rotatable bonds is 3. The van der Waals surface area contributed by atoms with Crippen molar-refractivity contribution in [1.29, 1.82) is 0 Å². The third-order valence-electron chi connectivity index (χ3n) is 6.70. The molecular weight excluding hydrogens is 476 g/mol. The van der Waals surface area contributed by atoms with Crippen molar-refractivity contribution in [2.24, 2.45) is 0 Å². The van der Waals surface area contributed by atoms with Crippen molar-refractivity contribution in [2.45, 2.75) is 47.7 Å². The average Bonchev–Trinajstić information content (AvgIpc) is 2.77. The molecule has 0 atom stereocenters. The first-order chi connectivity index (χ1) is 17.2. The van der Waals surface area contributed by atoms with Gasteiger partial charge in [-0.1, -0.05) is 81.3 Å². The molecule has 0 radical (unpaired) electrons. The van der Waals surface area contributed by atoms with E-state index in [1.165, 1.54) is 4.90 Å². The molecule has 0 unspecified atom stereocenters. The Bertz CT molecular complexity index is 1260. The van der Waals surface area contributed by atoms with Crippen LogP contribution < -0.4 is 21.4 Å². The van der Waals surface area contributed by atoms with E-state index >= 15 is 0 Å². The van der Waals surface area contributed by atoms with Crippen LogP contribution in [0.2, 0.25) is 0 Å². The molecule has 0 spiro atoms. The minimum atomic E-state index is -4.65. The smallest absolute Gasteiger partial charge is 0.512 e. The van der Waals surface area contributed by atoms with Crippen molar-refractivity contribution >= 4 is 40.7 Å². The fraction of sp³-hybridized carbons (Fsp3) is 0.310. The number of carbonyl (C=O) groups is 1. The topological polar surface area (TPSA) is 43.5 Å². The number of hydrogen-bond acceptors (Lipinski definition) is 2. The van der Waals surface area contributed by atoms with Gasteiger partial charge in [-0.15, -0.1) is 0 Å². The molecule has 0 fully saturated rings. The molecule has 196 valence electrons. The van der Waals surface area contributed by atoms with Crippen LogP contribution in [0.25, 0.3) is 0 Å². The Morgan fingerprint density at radius 1 is 0.811 bits per heavy atom. The van der Waals surface area contributed by atoms with E-state index in [1.807, 2.05) is 77.9 Å². The largest absolute Gasteiger partial charge is 0.651 e. The number of fused-ring (bicyclic) bond motifs is 1. The Kier molecular flexibility index (Phi) is 7.91. The van der Waals surface area contributed by atoms with Crippen LogP contribution in [0.15, 0.2) is 48.5 Å². The lowest BCUT2D eigenvalue weighted by atomic mass is 9.25. The molecule has 0 bridgehead atoms. The number of carbonyl (C=O) groups excluding carboxylic acids is 1. The van der Waals surface area contributed by atoms with Crippen LogP contribution in [0.1, 0.15) is 33.4 Å². The van der Waals surface area contributed by atoms with E-state index in [-0.39, 0.29) is 0 Å². The lowest BCUT2D eigenvalue weighted by Crippen LogP contribution is -2.86. The number of nitrogens with zero attached hydrogens (tertiary/aromatic N) is 1. The predicted octanol–water partition coefficient (Wildman–Crippen LogP) is 2.91. The van der Waals surface area contributed by atoms with E-state index in [0.717, 1.165) is 56.2 Å². The standard InChI is InChI=1S/C26H26BF3NO.C3H7NO/c1-15-11-17(3)23(18(4)12-15)27(24-19(5)13-16(2)14-20(24)6)21-9-7-8-10-22(21)31-25(32-27)26(28,29)30;1-4(2)3-5/h7-14H,1-6H3;3H,1-2H3/q-1;/p+1. The van der Waals surface area contributed by atoms with Gasteiger partial charge in [0.2, 0.25) is 6.41 Å². The first-order valence-electron chi connectivity index (χ1n) is 12.1. The Morgan fingerprint density at radius 3 is 1.59 bits per heavy atom. The van der Waals surface area contributed by atoms with Crippen molar-refractivity contribution in [3.05, 3.63) is 81.9 Å². The maximum atomic E-state index is 14.1.